The number of non-ortho nitro benzene ring substituents is 1. The van der Waals surface area contributed by atoms with E-state index in [1.807, 2.05) is 0 Å². The standard InChI is InChI=1S/C17H15N3O5/c1-3-19-16(21)14(18-17(19)22)9-12-5-7-15(25-12)13-6-4-11(20(23)24)8-10(13)2/h4-9H,3H2,1-2H3,(H,18,22)/b14-9-. The van der Waals surface area contributed by atoms with E-state index in [0.717, 1.165) is 4.90 Å². The van der Waals surface area contributed by atoms with Crippen molar-refractivity contribution in [2.24, 2.45) is 0 Å². The number of furan rings is 1. The number of hydrogen-bond acceptors (Lipinski definition) is 5. The van der Waals surface area contributed by atoms with Crippen molar-refractivity contribution in [3.63, 3.8) is 0 Å². The number of nitrogens with zero attached hydrogens (tertiary/aromatic N) is 2. The van der Waals surface area contributed by atoms with Gasteiger partial charge in [0.05, 0.1) is 4.92 Å². The monoisotopic (exact) mass is 341 g/mol. The van der Waals surface area contributed by atoms with Gasteiger partial charge in [0, 0.05) is 30.3 Å². The molecule has 25 heavy (non-hydrogen) atoms. The summed E-state index contributed by atoms with van der Waals surface area (Å²) in [7, 11) is 0. The van der Waals surface area contributed by atoms with Gasteiger partial charge in [-0.1, -0.05) is 0 Å². The molecule has 2 aromatic rings. The number of nitro benzene ring substituents is 1. The molecule has 1 aliphatic rings. The Labute approximate surface area is 142 Å². The number of carbonyl (C=O) groups excluding carboxylic acids is 2. The third kappa shape index (κ3) is 3.01. The van der Waals surface area contributed by atoms with E-state index in [0.29, 0.717) is 22.6 Å². The van der Waals surface area contributed by atoms with Crippen LogP contribution in [-0.2, 0) is 4.79 Å². The first-order valence-corrected chi connectivity index (χ1v) is 7.60. The van der Waals surface area contributed by atoms with E-state index in [1.54, 1.807) is 32.0 Å². The lowest BCUT2D eigenvalue weighted by molar-refractivity contribution is -0.384. The predicted molar refractivity (Wildman–Crippen MR) is 89.4 cm³/mol. The molecular formula is C17H15N3O5. The van der Waals surface area contributed by atoms with Crippen LogP contribution in [-0.4, -0.2) is 28.3 Å². The van der Waals surface area contributed by atoms with Gasteiger partial charge >= 0.3 is 6.03 Å². The minimum Gasteiger partial charge on any atom is -0.457 e. The molecule has 0 unspecified atom stereocenters. The first-order valence-electron chi connectivity index (χ1n) is 7.60. The molecule has 3 amide bonds. The number of nitro groups is 1. The minimum atomic E-state index is -0.461. The Kier molecular flexibility index (Phi) is 4.10. The molecule has 0 radical (unpaired) electrons. The normalized spacial score (nSPS) is 15.8. The van der Waals surface area contributed by atoms with Crippen molar-refractivity contribution in [1.29, 1.82) is 0 Å². The van der Waals surface area contributed by atoms with Gasteiger partial charge in [0.25, 0.3) is 11.6 Å². The molecule has 8 heteroatoms. The zero-order valence-corrected chi connectivity index (χ0v) is 13.6. The second-order valence-electron chi connectivity index (χ2n) is 5.50. The van der Waals surface area contributed by atoms with Crippen LogP contribution >= 0.6 is 0 Å². The topological polar surface area (TPSA) is 106 Å². The second kappa shape index (κ2) is 6.23. The van der Waals surface area contributed by atoms with Gasteiger partial charge in [-0.2, -0.15) is 0 Å². The maximum absolute atomic E-state index is 12.1. The average molecular weight is 341 g/mol. The quantitative estimate of drug-likeness (QED) is 0.398. The fourth-order valence-corrected chi connectivity index (χ4v) is 2.61. The highest BCUT2D eigenvalue weighted by Gasteiger charge is 2.32. The van der Waals surface area contributed by atoms with Crippen LogP contribution in [0.2, 0.25) is 0 Å². The van der Waals surface area contributed by atoms with Crippen LogP contribution in [0.5, 0.6) is 0 Å². The van der Waals surface area contributed by atoms with Gasteiger partial charge in [-0.3, -0.25) is 19.8 Å². The van der Waals surface area contributed by atoms with Crippen molar-refractivity contribution >= 4 is 23.7 Å². The van der Waals surface area contributed by atoms with Crippen molar-refractivity contribution in [3.8, 4) is 11.3 Å². The summed E-state index contributed by atoms with van der Waals surface area (Å²) >= 11 is 0. The Hall–Kier alpha value is -3.42. The minimum absolute atomic E-state index is 0.00840. The fourth-order valence-electron chi connectivity index (χ4n) is 2.61. The van der Waals surface area contributed by atoms with Crippen LogP contribution in [0, 0.1) is 17.0 Å². The number of hydrogen-bond donors (Lipinski definition) is 1. The van der Waals surface area contributed by atoms with Crippen LogP contribution in [0.15, 0.2) is 40.4 Å². The maximum Gasteiger partial charge on any atom is 0.328 e. The van der Waals surface area contributed by atoms with Gasteiger partial charge in [-0.25, -0.2) is 4.79 Å². The summed E-state index contributed by atoms with van der Waals surface area (Å²) in [5, 5.41) is 13.3. The Bertz CT molecular complexity index is 913. The molecule has 8 nitrogen and oxygen atoms in total. The molecule has 3 rings (SSSR count). The van der Waals surface area contributed by atoms with E-state index in [-0.39, 0.29) is 17.9 Å². The van der Waals surface area contributed by atoms with Crippen LogP contribution in [0.1, 0.15) is 18.2 Å². The Balaban J connectivity index is 1.89. The van der Waals surface area contributed by atoms with Crippen molar-refractivity contribution in [2.75, 3.05) is 6.54 Å². The molecular weight excluding hydrogens is 326 g/mol. The number of likely N-dealkylation sites (N-methyl/N-ethyl adjacent to an activating group) is 1. The summed E-state index contributed by atoms with van der Waals surface area (Å²) in [6.07, 6.45) is 1.46. The van der Waals surface area contributed by atoms with Crippen molar-refractivity contribution in [1.82, 2.24) is 10.2 Å². The molecule has 2 heterocycles. The lowest BCUT2D eigenvalue weighted by Crippen LogP contribution is -2.30. The molecule has 0 aliphatic carbocycles. The van der Waals surface area contributed by atoms with Crippen molar-refractivity contribution in [2.45, 2.75) is 13.8 Å². The van der Waals surface area contributed by atoms with E-state index >= 15 is 0 Å². The molecule has 1 aliphatic heterocycles. The van der Waals surface area contributed by atoms with E-state index in [4.69, 9.17) is 4.42 Å². The highest BCUT2D eigenvalue weighted by Crippen LogP contribution is 2.29. The van der Waals surface area contributed by atoms with Gasteiger partial charge in [-0.15, -0.1) is 0 Å². The van der Waals surface area contributed by atoms with E-state index in [1.165, 1.54) is 18.2 Å². The third-order valence-electron chi connectivity index (χ3n) is 3.88. The van der Waals surface area contributed by atoms with E-state index < -0.39 is 16.9 Å². The molecule has 0 spiro atoms. The zero-order chi connectivity index (χ0) is 18.1. The smallest absolute Gasteiger partial charge is 0.328 e. The number of rotatable bonds is 4. The molecule has 1 aromatic heterocycles. The highest BCUT2D eigenvalue weighted by molar-refractivity contribution is 6.13. The molecule has 0 bridgehead atoms. The van der Waals surface area contributed by atoms with Gasteiger partial charge in [-0.05, 0) is 37.6 Å². The summed E-state index contributed by atoms with van der Waals surface area (Å²) in [5.41, 5.74) is 1.57. The number of carbonyl (C=O) groups is 2. The summed E-state index contributed by atoms with van der Waals surface area (Å²) < 4.78 is 5.70. The molecule has 1 saturated heterocycles. The Morgan fingerprint density at radius 2 is 2.04 bits per heavy atom. The number of amides is 3. The molecule has 1 fully saturated rings. The van der Waals surface area contributed by atoms with Crippen LogP contribution in [0.4, 0.5) is 10.5 Å². The Morgan fingerprint density at radius 3 is 2.64 bits per heavy atom. The second-order valence-corrected chi connectivity index (χ2v) is 5.50. The third-order valence-corrected chi connectivity index (χ3v) is 3.88. The molecule has 1 aromatic carbocycles. The largest absolute Gasteiger partial charge is 0.457 e. The summed E-state index contributed by atoms with van der Waals surface area (Å²) in [6.45, 7) is 3.75. The lowest BCUT2D eigenvalue weighted by Gasteiger charge is -2.05. The highest BCUT2D eigenvalue weighted by atomic mass is 16.6. The maximum atomic E-state index is 12.1. The van der Waals surface area contributed by atoms with Crippen LogP contribution in [0.3, 0.4) is 0 Å². The number of urea groups is 1. The predicted octanol–water partition coefficient (Wildman–Crippen LogP) is 3.08. The van der Waals surface area contributed by atoms with Crippen LogP contribution in [0.25, 0.3) is 17.4 Å². The Morgan fingerprint density at radius 1 is 1.28 bits per heavy atom. The fraction of sp³-hybridized carbons (Fsp3) is 0.176. The first kappa shape index (κ1) is 16.4. The van der Waals surface area contributed by atoms with E-state index in [9.17, 15) is 19.7 Å². The van der Waals surface area contributed by atoms with Crippen molar-refractivity contribution in [3.05, 3.63) is 57.5 Å². The molecule has 128 valence electrons. The van der Waals surface area contributed by atoms with Crippen LogP contribution < -0.4 is 5.32 Å². The summed E-state index contributed by atoms with van der Waals surface area (Å²) in [5.74, 6) is 0.509. The SMILES string of the molecule is CCN1C(=O)N/C(=C\c2ccc(-c3ccc([N+](=O)[O-])cc3C)o2)C1=O. The van der Waals surface area contributed by atoms with Crippen molar-refractivity contribution < 1.29 is 18.9 Å². The average Bonchev–Trinajstić information content (AvgIpc) is 3.12. The molecule has 0 saturated carbocycles. The van der Waals surface area contributed by atoms with Gasteiger partial charge in [0.2, 0.25) is 0 Å². The number of aryl methyl sites for hydroxylation is 1. The van der Waals surface area contributed by atoms with Gasteiger partial charge in [0.15, 0.2) is 0 Å². The number of nitrogens with one attached hydrogen (secondary N) is 1. The zero-order valence-electron chi connectivity index (χ0n) is 13.6. The van der Waals surface area contributed by atoms with E-state index in [2.05, 4.69) is 5.32 Å². The van der Waals surface area contributed by atoms with Gasteiger partial charge < -0.3 is 9.73 Å². The number of benzene rings is 1. The first-order chi connectivity index (χ1) is 11.9. The van der Waals surface area contributed by atoms with Gasteiger partial charge in [0.1, 0.15) is 17.2 Å². The lowest BCUT2D eigenvalue weighted by atomic mass is 10.1. The summed E-state index contributed by atoms with van der Waals surface area (Å²) in [4.78, 5) is 35.1. The molecule has 0 atom stereocenters. The number of imide groups is 1. The molecule has 1 N–H and O–H groups in total. The summed E-state index contributed by atoms with van der Waals surface area (Å²) in [6, 6.07) is 7.40.